The van der Waals surface area contributed by atoms with E-state index in [0.29, 0.717) is 0 Å². The molecule has 6 rings (SSSR count). The van der Waals surface area contributed by atoms with Crippen LogP contribution in [0.3, 0.4) is 0 Å². The summed E-state index contributed by atoms with van der Waals surface area (Å²) in [4.78, 5) is 0. The van der Waals surface area contributed by atoms with Crippen molar-refractivity contribution in [2.75, 3.05) is 0 Å². The summed E-state index contributed by atoms with van der Waals surface area (Å²) in [6.45, 7) is 13.0. The van der Waals surface area contributed by atoms with Crippen molar-refractivity contribution >= 4 is 8.60 Å². The third-order valence-corrected chi connectivity index (χ3v) is 11.7. The van der Waals surface area contributed by atoms with Crippen LogP contribution >= 0.6 is 8.60 Å². The normalized spacial score (nSPS) is 12.6. The van der Waals surface area contributed by atoms with E-state index in [2.05, 4.69) is 224 Å². The highest BCUT2D eigenvalue weighted by molar-refractivity contribution is 7.41. The molecule has 0 aliphatic rings. The fourth-order valence-corrected chi connectivity index (χ4v) is 9.23. The predicted molar refractivity (Wildman–Crippen MR) is 217 cm³/mol. The molecule has 0 amide bonds. The third-order valence-electron chi connectivity index (χ3n) is 9.81. The van der Waals surface area contributed by atoms with Crippen LogP contribution in [0.4, 0.5) is 0 Å². The van der Waals surface area contributed by atoms with Crippen LogP contribution in [-0.2, 0) is 13.6 Å². The van der Waals surface area contributed by atoms with Crippen molar-refractivity contribution in [1.82, 2.24) is 0 Å². The molecular formula is C48H51O3P. The maximum absolute atomic E-state index is 7.34. The van der Waals surface area contributed by atoms with Gasteiger partial charge in [-0.2, -0.15) is 0 Å². The molecule has 0 fully saturated rings. The fraction of sp³-hybridized carbons (Fsp3) is 0.250. The third kappa shape index (κ3) is 8.98. The first-order valence-corrected chi connectivity index (χ1v) is 19.3. The molecular weight excluding hydrogens is 655 g/mol. The van der Waals surface area contributed by atoms with Gasteiger partial charge in [-0.25, -0.2) is 0 Å². The van der Waals surface area contributed by atoms with Gasteiger partial charge in [-0.1, -0.05) is 182 Å². The molecule has 3 nitrogen and oxygen atoms in total. The second kappa shape index (κ2) is 16.5. The summed E-state index contributed by atoms with van der Waals surface area (Å²) in [7, 11) is -1.96. The van der Waals surface area contributed by atoms with Gasteiger partial charge in [0.25, 0.3) is 0 Å². The Morgan fingerprint density at radius 1 is 0.288 bits per heavy atom. The molecule has 0 saturated carbocycles. The van der Waals surface area contributed by atoms with E-state index in [-0.39, 0.29) is 17.8 Å². The SMILES string of the molecule is CC(C)(OP(OC(C)(C)C(c1ccccc1)c1ccccc1)OC(C)(C)C(c1ccccc1)c1ccccc1)C(c1ccccc1)c1ccccc1. The average Bonchev–Trinajstić information content (AvgIpc) is 3.13. The van der Waals surface area contributed by atoms with Crippen LogP contribution in [0.15, 0.2) is 182 Å². The first-order valence-electron chi connectivity index (χ1n) is 18.2. The van der Waals surface area contributed by atoms with Crippen molar-refractivity contribution in [3.05, 3.63) is 215 Å². The lowest BCUT2D eigenvalue weighted by Crippen LogP contribution is -2.39. The Bertz CT molecular complexity index is 1580. The monoisotopic (exact) mass is 706 g/mol. The Balaban J connectivity index is 1.44. The van der Waals surface area contributed by atoms with Crippen LogP contribution in [0.1, 0.15) is 92.7 Å². The van der Waals surface area contributed by atoms with E-state index in [0.717, 1.165) is 0 Å². The van der Waals surface area contributed by atoms with E-state index >= 15 is 0 Å². The number of benzene rings is 6. The zero-order valence-corrected chi connectivity index (χ0v) is 32.1. The fourth-order valence-electron chi connectivity index (χ4n) is 7.65. The molecule has 0 saturated heterocycles. The standard InChI is InChI=1S/C48H51O3P/c1-46(2,43(37-25-13-7-14-26-37)38-27-15-8-16-28-38)49-52(50-47(3,4)44(39-29-17-9-18-30-39)40-31-19-10-20-32-40)51-48(5,6)45(41-33-21-11-22-34-41)42-35-23-12-24-36-42/h7-36,43-45H,1-6H3. The topological polar surface area (TPSA) is 27.7 Å². The predicted octanol–water partition coefficient (Wildman–Crippen LogP) is 13.1. The highest BCUT2D eigenvalue weighted by Gasteiger charge is 2.45. The van der Waals surface area contributed by atoms with Gasteiger partial charge in [-0.05, 0) is 74.9 Å². The minimum absolute atomic E-state index is 0.0867. The first kappa shape index (κ1) is 37.4. The van der Waals surface area contributed by atoms with Gasteiger partial charge in [-0.3, -0.25) is 0 Å². The van der Waals surface area contributed by atoms with Gasteiger partial charge < -0.3 is 13.6 Å². The van der Waals surface area contributed by atoms with Crippen molar-refractivity contribution in [3.8, 4) is 0 Å². The van der Waals surface area contributed by atoms with Gasteiger partial charge in [0.15, 0.2) is 0 Å². The van der Waals surface area contributed by atoms with Crippen molar-refractivity contribution in [1.29, 1.82) is 0 Å². The Hall–Kier alpha value is -4.37. The summed E-state index contributed by atoms with van der Waals surface area (Å²) in [5.41, 5.74) is 4.83. The van der Waals surface area contributed by atoms with E-state index in [1.807, 2.05) is 0 Å². The van der Waals surface area contributed by atoms with Crippen LogP contribution in [0.25, 0.3) is 0 Å². The molecule has 0 radical (unpaired) electrons. The molecule has 6 aromatic carbocycles. The van der Waals surface area contributed by atoms with Crippen LogP contribution in [-0.4, -0.2) is 16.8 Å². The van der Waals surface area contributed by atoms with Crippen LogP contribution < -0.4 is 0 Å². The van der Waals surface area contributed by atoms with Crippen molar-refractivity contribution in [2.24, 2.45) is 0 Å². The Kier molecular flexibility index (Phi) is 11.9. The minimum atomic E-state index is -1.96. The molecule has 0 aliphatic heterocycles. The minimum Gasteiger partial charge on any atom is -0.305 e. The van der Waals surface area contributed by atoms with Crippen LogP contribution in [0.2, 0.25) is 0 Å². The highest BCUT2D eigenvalue weighted by Crippen LogP contribution is 2.58. The van der Waals surface area contributed by atoms with Gasteiger partial charge >= 0.3 is 8.60 Å². The lowest BCUT2D eigenvalue weighted by molar-refractivity contribution is -0.0275. The summed E-state index contributed by atoms with van der Waals surface area (Å²) in [6.07, 6.45) is 0. The van der Waals surface area contributed by atoms with Gasteiger partial charge in [0.2, 0.25) is 0 Å². The van der Waals surface area contributed by atoms with Gasteiger partial charge in [0.1, 0.15) is 0 Å². The lowest BCUT2D eigenvalue weighted by Gasteiger charge is -2.44. The Morgan fingerprint density at radius 2 is 0.442 bits per heavy atom. The van der Waals surface area contributed by atoms with E-state index in [1.54, 1.807) is 0 Å². The summed E-state index contributed by atoms with van der Waals surface area (Å²) in [5, 5.41) is 0. The first-order chi connectivity index (χ1) is 25.1. The molecule has 0 aromatic heterocycles. The Morgan fingerprint density at radius 3 is 0.596 bits per heavy atom. The van der Waals surface area contributed by atoms with Gasteiger partial charge in [0.05, 0.1) is 16.8 Å². The summed E-state index contributed by atoms with van der Waals surface area (Å²) in [5.74, 6) is -0.260. The molecule has 6 aromatic rings. The molecule has 4 heteroatoms. The van der Waals surface area contributed by atoms with E-state index < -0.39 is 25.4 Å². The van der Waals surface area contributed by atoms with Gasteiger partial charge in [-0.15, -0.1) is 0 Å². The summed E-state index contributed by atoms with van der Waals surface area (Å²) in [6, 6.07) is 63.7. The number of rotatable bonds is 15. The van der Waals surface area contributed by atoms with E-state index in [9.17, 15) is 0 Å². The molecule has 0 atom stereocenters. The zero-order valence-electron chi connectivity index (χ0n) is 31.2. The molecule has 0 bridgehead atoms. The van der Waals surface area contributed by atoms with E-state index in [4.69, 9.17) is 13.6 Å². The quantitative estimate of drug-likeness (QED) is 0.0995. The number of hydrogen-bond acceptors (Lipinski definition) is 3. The maximum Gasteiger partial charge on any atom is 0.334 e. The lowest BCUT2D eigenvalue weighted by atomic mass is 9.79. The van der Waals surface area contributed by atoms with Crippen LogP contribution in [0, 0.1) is 0 Å². The molecule has 52 heavy (non-hydrogen) atoms. The van der Waals surface area contributed by atoms with Crippen molar-refractivity contribution in [3.63, 3.8) is 0 Å². The second-order valence-electron chi connectivity index (χ2n) is 15.1. The largest absolute Gasteiger partial charge is 0.334 e. The highest BCUT2D eigenvalue weighted by atomic mass is 31.2. The molecule has 0 aliphatic carbocycles. The molecule has 266 valence electrons. The molecule has 0 heterocycles. The molecule has 0 unspecified atom stereocenters. The maximum atomic E-state index is 7.34. The van der Waals surface area contributed by atoms with Crippen molar-refractivity contribution < 1.29 is 13.6 Å². The van der Waals surface area contributed by atoms with Crippen molar-refractivity contribution in [2.45, 2.75) is 76.1 Å². The van der Waals surface area contributed by atoms with Gasteiger partial charge in [0, 0.05) is 17.8 Å². The zero-order chi connectivity index (χ0) is 36.6. The average molecular weight is 707 g/mol. The molecule has 0 spiro atoms. The second-order valence-corrected chi connectivity index (χ2v) is 16.1. The molecule has 0 N–H and O–H groups in total. The van der Waals surface area contributed by atoms with Crippen LogP contribution in [0.5, 0.6) is 0 Å². The smallest absolute Gasteiger partial charge is 0.305 e. The Labute approximate surface area is 312 Å². The number of hydrogen-bond donors (Lipinski definition) is 0. The summed E-state index contributed by atoms with van der Waals surface area (Å²) >= 11 is 0. The van der Waals surface area contributed by atoms with E-state index in [1.165, 1.54) is 33.4 Å². The summed E-state index contributed by atoms with van der Waals surface area (Å²) < 4.78 is 22.0.